The van der Waals surface area contributed by atoms with Crippen molar-refractivity contribution in [3.63, 3.8) is 0 Å². The molecule has 2 unspecified atom stereocenters. The standard InChI is InChI=1S/C6H13O3P/c1-3-7-10-8-5-4-6(2)9-10/h6H,3-5H2,1-2H3. The van der Waals surface area contributed by atoms with Gasteiger partial charge in [0.1, 0.15) is 0 Å². The second-order valence-electron chi connectivity index (χ2n) is 2.18. The maximum atomic E-state index is 5.35. The molecule has 3 nitrogen and oxygen atoms in total. The molecule has 10 heavy (non-hydrogen) atoms. The van der Waals surface area contributed by atoms with E-state index >= 15 is 0 Å². The van der Waals surface area contributed by atoms with Crippen LogP contribution in [0.2, 0.25) is 0 Å². The van der Waals surface area contributed by atoms with Crippen LogP contribution in [0.25, 0.3) is 0 Å². The fourth-order valence-electron chi connectivity index (χ4n) is 0.696. The van der Waals surface area contributed by atoms with Gasteiger partial charge in [-0.15, -0.1) is 0 Å². The lowest BCUT2D eigenvalue weighted by Gasteiger charge is -2.25. The summed E-state index contributed by atoms with van der Waals surface area (Å²) in [6, 6.07) is 0. The van der Waals surface area contributed by atoms with Gasteiger partial charge in [-0.05, 0) is 20.3 Å². The molecule has 0 aromatic carbocycles. The van der Waals surface area contributed by atoms with Crippen LogP contribution in [0.4, 0.5) is 0 Å². The Hall–Kier alpha value is 0.310. The van der Waals surface area contributed by atoms with Crippen LogP contribution < -0.4 is 0 Å². The number of hydrogen-bond donors (Lipinski definition) is 0. The summed E-state index contributed by atoms with van der Waals surface area (Å²) >= 11 is 0. The van der Waals surface area contributed by atoms with Gasteiger partial charge in [0.25, 0.3) is 0 Å². The van der Waals surface area contributed by atoms with E-state index in [2.05, 4.69) is 0 Å². The van der Waals surface area contributed by atoms with E-state index in [0.29, 0.717) is 12.7 Å². The molecule has 0 amide bonds. The van der Waals surface area contributed by atoms with Gasteiger partial charge in [0, 0.05) is 0 Å². The van der Waals surface area contributed by atoms with Gasteiger partial charge >= 0.3 is 8.60 Å². The molecule has 1 rings (SSSR count). The third kappa shape index (κ3) is 2.51. The molecule has 1 aliphatic rings. The van der Waals surface area contributed by atoms with Gasteiger partial charge in [0.05, 0.1) is 19.3 Å². The van der Waals surface area contributed by atoms with Crippen molar-refractivity contribution >= 4 is 8.60 Å². The van der Waals surface area contributed by atoms with Gasteiger partial charge in [0.2, 0.25) is 0 Å². The summed E-state index contributed by atoms with van der Waals surface area (Å²) in [5.41, 5.74) is 0. The minimum absolute atomic E-state index is 0.298. The van der Waals surface area contributed by atoms with Crippen molar-refractivity contribution in [3.8, 4) is 0 Å². The van der Waals surface area contributed by atoms with Crippen molar-refractivity contribution in [1.82, 2.24) is 0 Å². The Bertz CT molecular complexity index is 97.0. The first-order valence-corrected chi connectivity index (χ1v) is 4.65. The van der Waals surface area contributed by atoms with Crippen LogP contribution in [0.5, 0.6) is 0 Å². The lowest BCUT2D eigenvalue weighted by Crippen LogP contribution is -2.15. The lowest BCUT2D eigenvalue weighted by molar-refractivity contribution is 0.0733. The SMILES string of the molecule is CCOP1OCCC(C)O1. The second kappa shape index (κ2) is 4.24. The topological polar surface area (TPSA) is 27.7 Å². The molecule has 0 saturated carbocycles. The van der Waals surface area contributed by atoms with Crippen molar-refractivity contribution in [2.75, 3.05) is 13.2 Å². The minimum Gasteiger partial charge on any atom is -0.313 e. The van der Waals surface area contributed by atoms with E-state index in [1.807, 2.05) is 13.8 Å². The molecular weight excluding hydrogens is 151 g/mol. The molecule has 1 heterocycles. The summed E-state index contributed by atoms with van der Waals surface area (Å²) in [6.45, 7) is 5.41. The highest BCUT2D eigenvalue weighted by molar-refractivity contribution is 7.41. The predicted molar refractivity (Wildman–Crippen MR) is 39.7 cm³/mol. The van der Waals surface area contributed by atoms with E-state index in [4.69, 9.17) is 13.6 Å². The van der Waals surface area contributed by atoms with E-state index in [-0.39, 0.29) is 0 Å². The number of rotatable bonds is 2. The van der Waals surface area contributed by atoms with Crippen LogP contribution in [-0.4, -0.2) is 19.3 Å². The third-order valence-corrected chi connectivity index (χ3v) is 2.62. The first-order chi connectivity index (χ1) is 4.83. The Kier molecular flexibility index (Phi) is 3.57. The summed E-state index contributed by atoms with van der Waals surface area (Å²) < 4.78 is 15.7. The maximum Gasteiger partial charge on any atom is 0.332 e. The Balaban J connectivity index is 2.18. The van der Waals surface area contributed by atoms with Crippen molar-refractivity contribution < 1.29 is 13.6 Å². The number of hydrogen-bond acceptors (Lipinski definition) is 3. The van der Waals surface area contributed by atoms with Crippen LogP contribution in [0.3, 0.4) is 0 Å². The van der Waals surface area contributed by atoms with E-state index in [1.165, 1.54) is 0 Å². The van der Waals surface area contributed by atoms with Crippen LogP contribution in [0, 0.1) is 0 Å². The molecule has 0 radical (unpaired) electrons. The zero-order valence-electron chi connectivity index (χ0n) is 6.37. The van der Waals surface area contributed by atoms with Crippen LogP contribution in [-0.2, 0) is 13.6 Å². The highest BCUT2D eigenvalue weighted by atomic mass is 31.2. The predicted octanol–water partition coefficient (Wildman–Crippen LogP) is 2.08. The van der Waals surface area contributed by atoms with E-state index in [0.717, 1.165) is 13.0 Å². The monoisotopic (exact) mass is 164 g/mol. The van der Waals surface area contributed by atoms with Gasteiger partial charge in [0.15, 0.2) is 0 Å². The smallest absolute Gasteiger partial charge is 0.313 e. The quantitative estimate of drug-likeness (QED) is 0.585. The molecule has 1 aliphatic heterocycles. The highest BCUT2D eigenvalue weighted by Crippen LogP contribution is 2.44. The maximum absolute atomic E-state index is 5.35. The van der Waals surface area contributed by atoms with Crippen molar-refractivity contribution in [2.45, 2.75) is 26.4 Å². The molecule has 60 valence electrons. The second-order valence-corrected chi connectivity index (χ2v) is 3.35. The fourth-order valence-corrected chi connectivity index (χ4v) is 1.76. The Morgan fingerprint density at radius 3 is 3.10 bits per heavy atom. The zero-order valence-corrected chi connectivity index (χ0v) is 7.27. The lowest BCUT2D eigenvalue weighted by atomic mass is 10.3. The van der Waals surface area contributed by atoms with Gasteiger partial charge in [-0.25, -0.2) is 0 Å². The van der Waals surface area contributed by atoms with E-state index in [9.17, 15) is 0 Å². The third-order valence-electron chi connectivity index (χ3n) is 1.22. The molecule has 0 aromatic rings. The molecule has 0 spiro atoms. The Labute approximate surface area is 62.7 Å². The molecule has 0 aliphatic carbocycles. The molecule has 4 heteroatoms. The Morgan fingerprint density at radius 2 is 2.50 bits per heavy atom. The molecule has 1 fully saturated rings. The average Bonchev–Trinajstić information content (AvgIpc) is 1.88. The largest absolute Gasteiger partial charge is 0.332 e. The molecule has 0 aromatic heterocycles. The van der Waals surface area contributed by atoms with Gasteiger partial charge in [-0.2, -0.15) is 0 Å². The first kappa shape index (κ1) is 8.41. The van der Waals surface area contributed by atoms with Gasteiger partial charge in [-0.1, -0.05) is 0 Å². The van der Waals surface area contributed by atoms with Gasteiger partial charge < -0.3 is 13.6 Å². The van der Waals surface area contributed by atoms with Crippen LogP contribution in [0.15, 0.2) is 0 Å². The van der Waals surface area contributed by atoms with Crippen molar-refractivity contribution in [2.24, 2.45) is 0 Å². The van der Waals surface area contributed by atoms with E-state index < -0.39 is 8.60 Å². The van der Waals surface area contributed by atoms with Crippen LogP contribution >= 0.6 is 8.60 Å². The average molecular weight is 164 g/mol. The molecular formula is C6H13O3P. The first-order valence-electron chi connectivity index (χ1n) is 3.55. The van der Waals surface area contributed by atoms with Gasteiger partial charge in [-0.3, -0.25) is 0 Å². The van der Waals surface area contributed by atoms with Crippen LogP contribution in [0.1, 0.15) is 20.3 Å². The van der Waals surface area contributed by atoms with Crippen molar-refractivity contribution in [1.29, 1.82) is 0 Å². The summed E-state index contributed by atoms with van der Waals surface area (Å²) in [7, 11) is -1.01. The minimum atomic E-state index is -1.01. The fraction of sp³-hybridized carbons (Fsp3) is 1.00. The summed E-state index contributed by atoms with van der Waals surface area (Å²) in [5.74, 6) is 0. The normalized spacial score (nSPS) is 34.2. The summed E-state index contributed by atoms with van der Waals surface area (Å²) in [4.78, 5) is 0. The zero-order chi connectivity index (χ0) is 7.40. The highest BCUT2D eigenvalue weighted by Gasteiger charge is 2.21. The summed E-state index contributed by atoms with van der Waals surface area (Å²) in [5, 5.41) is 0. The summed E-state index contributed by atoms with van der Waals surface area (Å²) in [6.07, 6.45) is 1.28. The van der Waals surface area contributed by atoms with Crippen molar-refractivity contribution in [3.05, 3.63) is 0 Å². The van der Waals surface area contributed by atoms with E-state index in [1.54, 1.807) is 0 Å². The molecule has 2 atom stereocenters. The molecule has 1 saturated heterocycles. The molecule has 0 N–H and O–H groups in total. The Morgan fingerprint density at radius 1 is 1.70 bits per heavy atom. The molecule has 0 bridgehead atoms.